The van der Waals surface area contributed by atoms with E-state index in [2.05, 4.69) is 5.92 Å². The van der Waals surface area contributed by atoms with Crippen LogP contribution in [0.4, 0.5) is 5.69 Å². The predicted molar refractivity (Wildman–Crippen MR) is 84.2 cm³/mol. The number of carbonyl (C=O) groups excluding carboxylic acids is 1. The van der Waals surface area contributed by atoms with E-state index >= 15 is 0 Å². The summed E-state index contributed by atoms with van der Waals surface area (Å²) in [6.45, 7) is 1.36. The molecule has 1 saturated carbocycles. The second-order valence-electron chi connectivity index (χ2n) is 6.26. The number of hydrogen-bond donors (Lipinski definition) is 0. The van der Waals surface area contributed by atoms with Gasteiger partial charge in [-0.25, -0.2) is 0 Å². The average molecular weight is 314 g/mol. The molecule has 1 amide bonds. The molecular weight excluding hydrogens is 296 g/mol. The molecule has 0 bridgehead atoms. The van der Waals surface area contributed by atoms with Crippen molar-refractivity contribution in [2.24, 2.45) is 11.3 Å². The maximum absolute atomic E-state index is 12.7. The number of piperidine rings is 1. The molecule has 2 fully saturated rings. The summed E-state index contributed by atoms with van der Waals surface area (Å²) in [5.41, 5.74) is 0.351. The largest absolute Gasteiger partial charge is 0.490 e. The summed E-state index contributed by atoms with van der Waals surface area (Å²) in [4.78, 5) is 24.9. The number of carbonyl (C=O) groups is 1. The first-order valence-electron chi connectivity index (χ1n) is 7.58. The van der Waals surface area contributed by atoms with Crippen LogP contribution >= 0.6 is 0 Å². The maximum Gasteiger partial charge on any atom is 0.310 e. The van der Waals surface area contributed by atoms with Crippen molar-refractivity contribution in [3.63, 3.8) is 0 Å². The molecule has 1 aliphatic heterocycles. The van der Waals surface area contributed by atoms with Gasteiger partial charge in [0.15, 0.2) is 5.75 Å². The lowest BCUT2D eigenvalue weighted by molar-refractivity contribution is -0.385. The molecule has 2 atom stereocenters. The molecule has 23 heavy (non-hydrogen) atoms. The molecule has 1 aromatic rings. The van der Waals surface area contributed by atoms with E-state index in [1.807, 2.05) is 0 Å². The summed E-state index contributed by atoms with van der Waals surface area (Å²) in [5, 5.41) is 10.9. The lowest BCUT2D eigenvalue weighted by atomic mass is 9.92. The lowest BCUT2D eigenvalue weighted by Crippen LogP contribution is -2.41. The van der Waals surface area contributed by atoms with Gasteiger partial charge in [-0.1, -0.05) is 0 Å². The minimum Gasteiger partial charge on any atom is -0.490 e. The number of likely N-dealkylation sites (tertiary alicyclic amines) is 1. The van der Waals surface area contributed by atoms with Crippen molar-refractivity contribution >= 4 is 11.6 Å². The molecule has 120 valence electrons. The van der Waals surface area contributed by atoms with Gasteiger partial charge in [-0.2, -0.15) is 0 Å². The van der Waals surface area contributed by atoms with Crippen molar-refractivity contribution in [1.82, 2.24) is 4.90 Å². The topological polar surface area (TPSA) is 72.7 Å². The Labute approximate surface area is 134 Å². The number of ether oxygens (including phenoxy) is 1. The SMILES string of the molecule is C#C[C@@H]1C[C@]12CCCN(C(=O)c1ccc([N+](=O)[O-])c(OC)c1)C2. The predicted octanol–water partition coefficient (Wildman–Crippen LogP) is 2.48. The highest BCUT2D eigenvalue weighted by atomic mass is 16.6. The zero-order valence-corrected chi connectivity index (χ0v) is 12.9. The molecule has 1 spiro atoms. The first kappa shape index (κ1) is 15.3. The Balaban J connectivity index is 1.81. The van der Waals surface area contributed by atoms with Gasteiger partial charge in [0.1, 0.15) is 0 Å². The summed E-state index contributed by atoms with van der Waals surface area (Å²) in [6, 6.07) is 4.23. The third-order valence-corrected chi connectivity index (χ3v) is 4.91. The van der Waals surface area contributed by atoms with Crippen LogP contribution in [0, 0.1) is 33.8 Å². The van der Waals surface area contributed by atoms with Crippen LogP contribution in [0.25, 0.3) is 0 Å². The van der Waals surface area contributed by atoms with E-state index in [0.717, 1.165) is 19.3 Å². The quantitative estimate of drug-likeness (QED) is 0.488. The van der Waals surface area contributed by atoms with Gasteiger partial charge >= 0.3 is 5.69 Å². The summed E-state index contributed by atoms with van der Waals surface area (Å²) in [6.07, 6.45) is 8.51. The molecule has 1 aliphatic carbocycles. The Morgan fingerprint density at radius 2 is 2.35 bits per heavy atom. The molecule has 6 nitrogen and oxygen atoms in total. The van der Waals surface area contributed by atoms with E-state index in [0.29, 0.717) is 18.7 Å². The molecule has 1 saturated heterocycles. The van der Waals surface area contributed by atoms with Gasteiger partial charge < -0.3 is 9.64 Å². The van der Waals surface area contributed by atoms with Crippen LogP contribution in [0.2, 0.25) is 0 Å². The molecule has 0 aromatic heterocycles. The van der Waals surface area contributed by atoms with Crippen molar-refractivity contribution in [2.45, 2.75) is 19.3 Å². The normalized spacial score (nSPS) is 25.7. The number of terminal acetylenes is 1. The molecule has 1 heterocycles. The minimum absolute atomic E-state index is 0.0908. The van der Waals surface area contributed by atoms with Crippen molar-refractivity contribution < 1.29 is 14.5 Å². The van der Waals surface area contributed by atoms with E-state index in [-0.39, 0.29) is 28.7 Å². The Morgan fingerprint density at radius 1 is 1.57 bits per heavy atom. The van der Waals surface area contributed by atoms with Gasteiger partial charge in [-0.05, 0) is 25.3 Å². The monoisotopic (exact) mass is 314 g/mol. The Morgan fingerprint density at radius 3 is 2.96 bits per heavy atom. The number of benzene rings is 1. The van der Waals surface area contributed by atoms with E-state index in [4.69, 9.17) is 11.2 Å². The number of nitro benzene ring substituents is 1. The van der Waals surface area contributed by atoms with Gasteiger partial charge in [-0.15, -0.1) is 12.3 Å². The summed E-state index contributed by atoms with van der Waals surface area (Å²) >= 11 is 0. The van der Waals surface area contributed by atoms with Crippen LogP contribution in [0.5, 0.6) is 5.75 Å². The van der Waals surface area contributed by atoms with Crippen molar-refractivity contribution in [2.75, 3.05) is 20.2 Å². The third kappa shape index (κ3) is 2.63. The van der Waals surface area contributed by atoms with Crippen molar-refractivity contribution in [1.29, 1.82) is 0 Å². The number of methoxy groups -OCH3 is 1. The van der Waals surface area contributed by atoms with Gasteiger partial charge in [0.2, 0.25) is 0 Å². The molecule has 3 rings (SSSR count). The summed E-state index contributed by atoms with van der Waals surface area (Å²) < 4.78 is 5.03. The van der Waals surface area contributed by atoms with Gasteiger partial charge in [0.25, 0.3) is 5.91 Å². The highest BCUT2D eigenvalue weighted by Crippen LogP contribution is 2.57. The fourth-order valence-corrected chi connectivity index (χ4v) is 3.51. The first-order chi connectivity index (χ1) is 11.0. The Hall–Kier alpha value is -2.55. The van der Waals surface area contributed by atoms with Crippen LogP contribution in [0.3, 0.4) is 0 Å². The molecule has 0 N–H and O–H groups in total. The second-order valence-corrected chi connectivity index (χ2v) is 6.26. The number of amides is 1. The van der Waals surface area contributed by atoms with Gasteiger partial charge in [0, 0.05) is 42.1 Å². The number of nitro groups is 1. The van der Waals surface area contributed by atoms with Crippen LogP contribution < -0.4 is 4.74 Å². The van der Waals surface area contributed by atoms with Crippen LogP contribution in [0.15, 0.2) is 18.2 Å². The van der Waals surface area contributed by atoms with Gasteiger partial charge in [-0.3, -0.25) is 14.9 Å². The summed E-state index contributed by atoms with van der Waals surface area (Å²) in [5.74, 6) is 3.04. The Bertz CT molecular complexity index is 709. The number of hydrogen-bond acceptors (Lipinski definition) is 4. The summed E-state index contributed by atoms with van der Waals surface area (Å²) in [7, 11) is 1.36. The lowest BCUT2D eigenvalue weighted by Gasteiger charge is -2.33. The van der Waals surface area contributed by atoms with Crippen molar-refractivity contribution in [3.05, 3.63) is 33.9 Å². The Kier molecular flexibility index (Phi) is 3.72. The van der Waals surface area contributed by atoms with E-state index < -0.39 is 4.92 Å². The number of rotatable bonds is 3. The zero-order chi connectivity index (χ0) is 16.6. The second kappa shape index (κ2) is 5.58. The first-order valence-corrected chi connectivity index (χ1v) is 7.58. The van der Waals surface area contributed by atoms with Crippen molar-refractivity contribution in [3.8, 4) is 18.1 Å². The van der Waals surface area contributed by atoms with Crippen LogP contribution in [-0.4, -0.2) is 35.9 Å². The van der Waals surface area contributed by atoms with E-state index in [1.165, 1.54) is 25.3 Å². The van der Waals surface area contributed by atoms with Gasteiger partial charge in [0.05, 0.1) is 12.0 Å². The third-order valence-electron chi connectivity index (χ3n) is 4.91. The highest BCUT2D eigenvalue weighted by Gasteiger charge is 2.55. The minimum atomic E-state index is -0.523. The van der Waals surface area contributed by atoms with Crippen LogP contribution in [0.1, 0.15) is 29.6 Å². The fourth-order valence-electron chi connectivity index (χ4n) is 3.51. The molecule has 6 heteroatoms. The standard InChI is InChI=1S/C17H18N2O4/c1-3-13-10-17(13)7-4-8-18(11-17)16(20)12-5-6-14(19(21)22)15(9-12)23-2/h1,5-6,9,13H,4,7-8,10-11H2,2H3/t13-,17+/m1/s1. The van der Waals surface area contributed by atoms with E-state index in [9.17, 15) is 14.9 Å². The fraction of sp³-hybridized carbons (Fsp3) is 0.471. The zero-order valence-electron chi connectivity index (χ0n) is 12.9. The number of nitrogens with zero attached hydrogens (tertiary/aromatic N) is 2. The molecule has 2 aliphatic rings. The smallest absolute Gasteiger partial charge is 0.310 e. The van der Waals surface area contributed by atoms with E-state index in [1.54, 1.807) is 4.90 Å². The molecular formula is C17H18N2O4. The molecule has 1 aromatic carbocycles. The molecule has 0 radical (unpaired) electrons. The molecule has 0 unspecified atom stereocenters. The van der Waals surface area contributed by atoms with Crippen LogP contribution in [-0.2, 0) is 0 Å². The average Bonchev–Trinajstić information content (AvgIpc) is 3.25. The maximum atomic E-state index is 12.7. The highest BCUT2D eigenvalue weighted by molar-refractivity contribution is 5.95.